The van der Waals surface area contributed by atoms with Crippen LogP contribution in [0.5, 0.6) is 0 Å². The molecule has 3 N–H and O–H groups in total. The molecule has 6 nitrogen and oxygen atoms in total. The Balaban J connectivity index is 0.00000261. The molecule has 0 saturated heterocycles. The number of aliphatic hydroxyl groups excluding tert-OH is 1. The number of fused-ring (bicyclic) bond motifs is 1. The first-order chi connectivity index (χ1) is 12.5. The molecule has 144 valence electrons. The van der Waals surface area contributed by atoms with E-state index in [1.54, 1.807) is 16.7 Å². The number of rotatable bonds is 6. The number of halogens is 2. The van der Waals surface area contributed by atoms with Gasteiger partial charge in [-0.3, -0.25) is 0 Å². The average Bonchev–Trinajstić information content (AvgIpc) is 2.96. The number of benzene rings is 1. The SMILES string of the molecule is CC(CC=CCCO)c1nc(N)c2nc(-c3cccc(F)c3)n(C)c2n1.Cl. The van der Waals surface area contributed by atoms with Crippen LogP contribution in [0.4, 0.5) is 10.2 Å². The molecule has 0 fully saturated rings. The first-order valence-corrected chi connectivity index (χ1v) is 8.53. The maximum Gasteiger partial charge on any atom is 0.166 e. The third-order valence-electron chi connectivity index (χ3n) is 4.24. The van der Waals surface area contributed by atoms with Crippen molar-refractivity contribution >= 4 is 29.4 Å². The quantitative estimate of drug-likeness (QED) is 0.626. The summed E-state index contributed by atoms with van der Waals surface area (Å²) in [4.78, 5) is 13.5. The van der Waals surface area contributed by atoms with Gasteiger partial charge in [0.05, 0.1) is 0 Å². The Morgan fingerprint density at radius 3 is 2.74 bits per heavy atom. The third-order valence-corrected chi connectivity index (χ3v) is 4.24. The standard InChI is InChI=1S/C19H22FN5O.ClH/c1-12(7-4-3-5-10-26)17-23-16(21)15-19(24-17)25(2)18(22-15)13-8-6-9-14(20)11-13;/h3-4,6,8-9,11-12,26H,5,7,10H2,1-2H3,(H2,21,23,24);1H. The van der Waals surface area contributed by atoms with Gasteiger partial charge in [-0.1, -0.05) is 31.2 Å². The molecule has 2 aromatic heterocycles. The number of allylic oxidation sites excluding steroid dienone is 1. The summed E-state index contributed by atoms with van der Waals surface area (Å²) in [6, 6.07) is 6.26. The molecule has 8 heteroatoms. The van der Waals surface area contributed by atoms with Crippen LogP contribution in [0, 0.1) is 5.82 Å². The molecular weight excluding hydrogens is 369 g/mol. The lowest BCUT2D eigenvalue weighted by Crippen LogP contribution is -2.05. The Bertz CT molecular complexity index is 957. The van der Waals surface area contributed by atoms with Gasteiger partial charge in [0.2, 0.25) is 0 Å². The molecule has 0 amide bonds. The highest BCUT2D eigenvalue weighted by Crippen LogP contribution is 2.27. The molecule has 0 aliphatic carbocycles. The maximum absolute atomic E-state index is 13.6. The minimum atomic E-state index is -0.322. The number of aliphatic hydroxyl groups is 1. The highest BCUT2D eigenvalue weighted by atomic mass is 35.5. The summed E-state index contributed by atoms with van der Waals surface area (Å²) in [7, 11) is 1.83. The van der Waals surface area contributed by atoms with Gasteiger partial charge in [-0.05, 0) is 25.0 Å². The number of hydrogen-bond acceptors (Lipinski definition) is 5. The lowest BCUT2D eigenvalue weighted by atomic mass is 10.1. The van der Waals surface area contributed by atoms with Crippen LogP contribution < -0.4 is 5.73 Å². The Hall–Kier alpha value is -2.51. The molecule has 1 aromatic carbocycles. The van der Waals surface area contributed by atoms with Crippen molar-refractivity contribution in [3.8, 4) is 11.4 Å². The van der Waals surface area contributed by atoms with E-state index >= 15 is 0 Å². The minimum Gasteiger partial charge on any atom is -0.396 e. The predicted molar refractivity (Wildman–Crippen MR) is 107 cm³/mol. The number of imidazole rings is 1. The molecule has 0 saturated carbocycles. The summed E-state index contributed by atoms with van der Waals surface area (Å²) in [5.74, 6) is 1.29. The van der Waals surface area contributed by atoms with Crippen molar-refractivity contribution in [3.05, 3.63) is 48.1 Å². The second-order valence-corrected chi connectivity index (χ2v) is 6.26. The van der Waals surface area contributed by atoms with E-state index in [-0.39, 0.29) is 30.7 Å². The Morgan fingerprint density at radius 1 is 1.26 bits per heavy atom. The minimum absolute atomic E-state index is 0. The van der Waals surface area contributed by atoms with Crippen molar-refractivity contribution in [2.75, 3.05) is 12.3 Å². The van der Waals surface area contributed by atoms with Gasteiger partial charge < -0.3 is 15.4 Å². The number of nitrogens with two attached hydrogens (primary N) is 1. The van der Waals surface area contributed by atoms with E-state index in [1.807, 2.05) is 26.1 Å². The van der Waals surface area contributed by atoms with Crippen molar-refractivity contribution in [2.24, 2.45) is 7.05 Å². The van der Waals surface area contributed by atoms with E-state index in [9.17, 15) is 4.39 Å². The summed E-state index contributed by atoms with van der Waals surface area (Å²) in [5.41, 5.74) is 7.90. The second kappa shape index (κ2) is 8.92. The van der Waals surface area contributed by atoms with Gasteiger partial charge in [-0.15, -0.1) is 12.4 Å². The normalized spacial score (nSPS) is 12.4. The fourth-order valence-corrected chi connectivity index (χ4v) is 2.80. The molecule has 0 spiro atoms. The van der Waals surface area contributed by atoms with Gasteiger partial charge in [0.15, 0.2) is 17.0 Å². The number of nitrogen functional groups attached to an aromatic ring is 1. The highest BCUT2D eigenvalue weighted by Gasteiger charge is 2.18. The van der Waals surface area contributed by atoms with Crippen molar-refractivity contribution in [1.82, 2.24) is 19.5 Å². The topological polar surface area (TPSA) is 89.9 Å². The smallest absolute Gasteiger partial charge is 0.166 e. The summed E-state index contributed by atoms with van der Waals surface area (Å²) < 4.78 is 15.4. The van der Waals surface area contributed by atoms with Crippen LogP contribution in [0.3, 0.4) is 0 Å². The number of anilines is 1. The van der Waals surface area contributed by atoms with Gasteiger partial charge in [0.1, 0.15) is 17.5 Å². The molecule has 1 atom stereocenters. The van der Waals surface area contributed by atoms with E-state index in [0.29, 0.717) is 40.6 Å². The number of hydrogen-bond donors (Lipinski definition) is 2. The van der Waals surface area contributed by atoms with Gasteiger partial charge >= 0.3 is 0 Å². The maximum atomic E-state index is 13.6. The third kappa shape index (κ3) is 4.43. The van der Waals surface area contributed by atoms with Crippen LogP contribution >= 0.6 is 12.4 Å². The summed E-state index contributed by atoms with van der Waals surface area (Å²) in [6.07, 6.45) is 5.32. The van der Waals surface area contributed by atoms with Gasteiger partial charge in [-0.2, -0.15) is 0 Å². The van der Waals surface area contributed by atoms with E-state index in [1.165, 1.54) is 12.1 Å². The zero-order valence-corrected chi connectivity index (χ0v) is 16.1. The first-order valence-electron chi connectivity index (χ1n) is 8.53. The summed E-state index contributed by atoms with van der Waals surface area (Å²) in [5, 5.41) is 8.82. The fraction of sp³-hybridized carbons (Fsp3) is 0.316. The lowest BCUT2D eigenvalue weighted by Gasteiger charge is -2.09. The number of aromatic nitrogens is 4. The molecule has 0 radical (unpaired) electrons. The van der Waals surface area contributed by atoms with Crippen molar-refractivity contribution in [2.45, 2.75) is 25.7 Å². The van der Waals surface area contributed by atoms with Crippen LogP contribution in [0.15, 0.2) is 36.4 Å². The van der Waals surface area contributed by atoms with Crippen molar-refractivity contribution in [1.29, 1.82) is 0 Å². The molecule has 1 unspecified atom stereocenters. The molecule has 3 rings (SSSR count). The van der Waals surface area contributed by atoms with Crippen LogP contribution in [0.1, 0.15) is 31.5 Å². The van der Waals surface area contributed by atoms with E-state index in [0.717, 1.165) is 6.42 Å². The average molecular weight is 392 g/mol. The predicted octanol–water partition coefficient (Wildman–Crippen LogP) is 3.61. The zero-order valence-electron chi connectivity index (χ0n) is 15.3. The van der Waals surface area contributed by atoms with Crippen LogP contribution in [0.2, 0.25) is 0 Å². The molecule has 27 heavy (non-hydrogen) atoms. The van der Waals surface area contributed by atoms with E-state index < -0.39 is 0 Å². The van der Waals surface area contributed by atoms with Crippen LogP contribution in [0.25, 0.3) is 22.6 Å². The molecule has 2 heterocycles. The zero-order chi connectivity index (χ0) is 18.7. The number of nitrogens with zero attached hydrogens (tertiary/aromatic N) is 4. The van der Waals surface area contributed by atoms with Crippen molar-refractivity contribution in [3.63, 3.8) is 0 Å². The Kier molecular flexibility index (Phi) is 6.87. The van der Waals surface area contributed by atoms with E-state index in [2.05, 4.69) is 15.0 Å². The van der Waals surface area contributed by atoms with Gasteiger partial charge in [0, 0.05) is 25.1 Å². The highest BCUT2D eigenvalue weighted by molar-refractivity contribution is 5.86. The molecule has 3 aromatic rings. The molecule has 0 bridgehead atoms. The molecule has 0 aliphatic rings. The molecule has 0 aliphatic heterocycles. The van der Waals surface area contributed by atoms with Gasteiger partial charge in [0.25, 0.3) is 0 Å². The van der Waals surface area contributed by atoms with Crippen LogP contribution in [-0.4, -0.2) is 31.2 Å². The molecular formula is C19H23ClFN5O. The van der Waals surface area contributed by atoms with E-state index in [4.69, 9.17) is 10.8 Å². The van der Waals surface area contributed by atoms with Gasteiger partial charge in [-0.25, -0.2) is 19.3 Å². The second-order valence-electron chi connectivity index (χ2n) is 6.26. The monoisotopic (exact) mass is 391 g/mol. The fourth-order valence-electron chi connectivity index (χ4n) is 2.80. The van der Waals surface area contributed by atoms with Crippen LogP contribution in [-0.2, 0) is 7.05 Å². The van der Waals surface area contributed by atoms with Crippen molar-refractivity contribution < 1.29 is 9.50 Å². The largest absolute Gasteiger partial charge is 0.396 e. The summed E-state index contributed by atoms with van der Waals surface area (Å²) >= 11 is 0. The lowest BCUT2D eigenvalue weighted by molar-refractivity contribution is 0.302. The summed E-state index contributed by atoms with van der Waals surface area (Å²) in [6.45, 7) is 2.16. The number of aryl methyl sites for hydroxylation is 1. The Labute approximate surface area is 163 Å². The Morgan fingerprint density at radius 2 is 2.04 bits per heavy atom. The first kappa shape index (κ1) is 20.8.